The van der Waals surface area contributed by atoms with Gasteiger partial charge in [0.25, 0.3) is 0 Å². The minimum atomic E-state index is -0.525. The zero-order valence-corrected chi connectivity index (χ0v) is 22.6. The van der Waals surface area contributed by atoms with E-state index in [4.69, 9.17) is 9.15 Å². The number of anilines is 1. The quantitative estimate of drug-likeness (QED) is 0.202. The van der Waals surface area contributed by atoms with Crippen LogP contribution in [0.25, 0.3) is 22.2 Å². The molecule has 3 aromatic carbocycles. The smallest absolute Gasteiger partial charge is 0.422 e. The lowest BCUT2D eigenvalue weighted by atomic mass is 10.0. The molecule has 0 amide bonds. The minimum absolute atomic E-state index is 0.164. The van der Waals surface area contributed by atoms with Gasteiger partial charge in [0.2, 0.25) is 0 Å². The first kappa shape index (κ1) is 26.5. The highest BCUT2D eigenvalue weighted by atomic mass is 16.5. The zero-order valence-electron chi connectivity index (χ0n) is 22.6. The van der Waals surface area contributed by atoms with Gasteiger partial charge in [-0.25, -0.2) is 9.36 Å². The van der Waals surface area contributed by atoms with Crippen LogP contribution in [0.2, 0.25) is 0 Å². The molecular formula is C32H35N3O4. The Hall–Kier alpha value is -4.10. The van der Waals surface area contributed by atoms with E-state index >= 15 is 0 Å². The summed E-state index contributed by atoms with van der Waals surface area (Å²) in [6.45, 7) is 8.20. The fraction of sp³-hybridized carbons (Fsp3) is 0.312. The Morgan fingerprint density at radius 1 is 0.949 bits per heavy atom. The summed E-state index contributed by atoms with van der Waals surface area (Å²) < 4.78 is 12.4. The normalized spacial score (nSPS) is 14.6. The number of esters is 1. The summed E-state index contributed by atoms with van der Waals surface area (Å²) in [5.41, 5.74) is 6.94. The van der Waals surface area contributed by atoms with Crippen LogP contribution in [-0.4, -0.2) is 41.6 Å². The van der Waals surface area contributed by atoms with Gasteiger partial charge in [0.15, 0.2) is 12.3 Å². The van der Waals surface area contributed by atoms with Crippen molar-refractivity contribution in [1.82, 2.24) is 9.47 Å². The molecule has 0 saturated carbocycles. The van der Waals surface area contributed by atoms with Crippen LogP contribution < -0.4 is 10.7 Å². The number of benzene rings is 3. The first-order valence-corrected chi connectivity index (χ1v) is 13.6. The number of fused-ring (bicyclic) bond motifs is 1. The van der Waals surface area contributed by atoms with Crippen molar-refractivity contribution >= 4 is 22.8 Å². The van der Waals surface area contributed by atoms with E-state index in [0.717, 1.165) is 50.4 Å². The summed E-state index contributed by atoms with van der Waals surface area (Å²) in [4.78, 5) is 29.5. The molecule has 1 aliphatic rings. The molecule has 5 rings (SSSR count). The number of aromatic nitrogens is 1. The van der Waals surface area contributed by atoms with E-state index in [-0.39, 0.29) is 19.1 Å². The summed E-state index contributed by atoms with van der Waals surface area (Å²) in [6, 6.07) is 24.9. The average molecular weight is 526 g/mol. The first-order valence-electron chi connectivity index (χ1n) is 13.6. The maximum atomic E-state index is 12.7. The van der Waals surface area contributed by atoms with Crippen LogP contribution in [0.3, 0.4) is 0 Å². The highest BCUT2D eigenvalue weighted by Crippen LogP contribution is 2.28. The minimum Gasteiger partial charge on any atom is -0.443 e. The number of para-hydroxylation sites is 1. The van der Waals surface area contributed by atoms with Crippen LogP contribution in [-0.2, 0) is 22.8 Å². The monoisotopic (exact) mass is 525 g/mol. The van der Waals surface area contributed by atoms with Gasteiger partial charge in [-0.05, 0) is 48.2 Å². The second-order valence-corrected chi connectivity index (χ2v) is 10.0. The molecule has 39 heavy (non-hydrogen) atoms. The summed E-state index contributed by atoms with van der Waals surface area (Å²) in [5, 5.41) is 0. The third kappa shape index (κ3) is 6.32. The largest absolute Gasteiger partial charge is 0.443 e. The predicted molar refractivity (Wildman–Crippen MR) is 155 cm³/mol. The van der Waals surface area contributed by atoms with Crippen molar-refractivity contribution in [3.05, 3.63) is 101 Å². The van der Waals surface area contributed by atoms with Gasteiger partial charge in [0, 0.05) is 32.7 Å². The lowest BCUT2D eigenvalue weighted by Crippen LogP contribution is -2.46. The molecule has 1 saturated heterocycles. The predicted octanol–water partition coefficient (Wildman–Crippen LogP) is 5.83. The van der Waals surface area contributed by atoms with Crippen molar-refractivity contribution < 1.29 is 13.9 Å². The van der Waals surface area contributed by atoms with E-state index in [1.165, 1.54) is 21.3 Å². The van der Waals surface area contributed by atoms with E-state index in [1.807, 2.05) is 44.2 Å². The van der Waals surface area contributed by atoms with Crippen molar-refractivity contribution in [3.63, 3.8) is 0 Å². The third-order valence-corrected chi connectivity index (χ3v) is 7.36. The van der Waals surface area contributed by atoms with Crippen LogP contribution in [0.1, 0.15) is 32.3 Å². The fourth-order valence-corrected chi connectivity index (χ4v) is 4.92. The van der Waals surface area contributed by atoms with Gasteiger partial charge < -0.3 is 14.1 Å². The molecule has 0 unspecified atom stereocenters. The molecule has 4 aromatic rings. The Morgan fingerprint density at radius 2 is 1.69 bits per heavy atom. The van der Waals surface area contributed by atoms with Crippen LogP contribution in [0.15, 0.2) is 93.7 Å². The maximum Gasteiger partial charge on any atom is 0.422 e. The fourth-order valence-electron chi connectivity index (χ4n) is 4.92. The molecule has 0 N–H and O–H groups in total. The van der Waals surface area contributed by atoms with Gasteiger partial charge in [0.05, 0.1) is 17.6 Å². The lowest BCUT2D eigenvalue weighted by Gasteiger charge is -2.36. The first-order chi connectivity index (χ1) is 19.0. The molecule has 0 radical (unpaired) electrons. The van der Waals surface area contributed by atoms with Crippen molar-refractivity contribution in [2.24, 2.45) is 0 Å². The molecule has 1 aromatic heterocycles. The molecular weight excluding hydrogens is 490 g/mol. The third-order valence-electron chi connectivity index (χ3n) is 7.36. The van der Waals surface area contributed by atoms with Crippen LogP contribution in [0, 0.1) is 0 Å². The number of ether oxygens (including phenoxy) is 1. The van der Waals surface area contributed by atoms with Gasteiger partial charge in [-0.15, -0.1) is 0 Å². The van der Waals surface area contributed by atoms with Crippen molar-refractivity contribution in [2.75, 3.05) is 31.1 Å². The topological polar surface area (TPSA) is 67.9 Å². The molecule has 0 aliphatic carbocycles. The van der Waals surface area contributed by atoms with Crippen molar-refractivity contribution in [3.8, 4) is 11.1 Å². The second kappa shape index (κ2) is 12.2. The molecule has 7 heteroatoms. The van der Waals surface area contributed by atoms with Gasteiger partial charge in [-0.2, -0.15) is 0 Å². The number of hydrogen-bond donors (Lipinski definition) is 0. The highest BCUT2D eigenvalue weighted by molar-refractivity contribution is 5.87. The number of rotatable bonds is 9. The van der Waals surface area contributed by atoms with Crippen LogP contribution in [0.5, 0.6) is 0 Å². The molecule has 1 aliphatic heterocycles. The van der Waals surface area contributed by atoms with Crippen LogP contribution >= 0.6 is 0 Å². The molecule has 202 valence electrons. The SMILES string of the molecule is CCC(C)=CCC(=O)OCn1c(=O)oc2c(N3CCN(Cc4cccc(-c5ccccc5)c4)CC3)cccc21. The highest BCUT2D eigenvalue weighted by Gasteiger charge is 2.22. The average Bonchev–Trinajstić information content (AvgIpc) is 3.30. The standard InChI is InChI=1S/C32H35N3O4/c1-3-24(2)15-16-30(36)38-23-35-29-14-8-13-28(31(29)39-32(35)37)34-19-17-33(18-20-34)22-25-9-7-12-27(21-25)26-10-5-4-6-11-26/h4-15,21H,3,16-20,22-23H2,1-2H3. The number of oxazole rings is 1. The van der Waals surface area contributed by atoms with Gasteiger partial charge in [0.1, 0.15) is 0 Å². The molecule has 1 fully saturated rings. The van der Waals surface area contributed by atoms with Crippen molar-refractivity contribution in [2.45, 2.75) is 40.0 Å². The van der Waals surface area contributed by atoms with E-state index in [9.17, 15) is 9.59 Å². The van der Waals surface area contributed by atoms with E-state index < -0.39 is 5.76 Å². The summed E-state index contributed by atoms with van der Waals surface area (Å²) in [6.07, 6.45) is 2.93. The maximum absolute atomic E-state index is 12.7. The lowest BCUT2D eigenvalue weighted by molar-refractivity contribution is -0.146. The zero-order chi connectivity index (χ0) is 27.2. The molecule has 0 atom stereocenters. The Balaban J connectivity index is 1.23. The number of piperazine rings is 1. The van der Waals surface area contributed by atoms with Crippen LogP contribution in [0.4, 0.5) is 5.69 Å². The summed E-state index contributed by atoms with van der Waals surface area (Å²) in [5.74, 6) is -0.895. The number of nitrogens with zero attached hydrogens (tertiary/aromatic N) is 3. The Bertz CT molecular complexity index is 1510. The number of hydrogen-bond acceptors (Lipinski definition) is 6. The van der Waals surface area contributed by atoms with E-state index in [0.29, 0.717) is 11.1 Å². The number of carbonyl (C=O) groups excluding carboxylic acids is 1. The number of allylic oxidation sites excluding steroid dienone is 1. The van der Waals surface area contributed by atoms with E-state index in [1.54, 1.807) is 0 Å². The molecule has 0 spiro atoms. The van der Waals surface area contributed by atoms with Crippen molar-refractivity contribution in [1.29, 1.82) is 0 Å². The summed E-state index contributed by atoms with van der Waals surface area (Å²) in [7, 11) is 0. The Morgan fingerprint density at radius 3 is 2.46 bits per heavy atom. The molecule has 0 bridgehead atoms. The summed E-state index contributed by atoms with van der Waals surface area (Å²) >= 11 is 0. The van der Waals surface area contributed by atoms with E-state index in [2.05, 4.69) is 58.3 Å². The Kier molecular flexibility index (Phi) is 8.27. The second-order valence-electron chi connectivity index (χ2n) is 10.0. The van der Waals surface area contributed by atoms with Gasteiger partial charge in [-0.3, -0.25) is 9.69 Å². The molecule has 7 nitrogen and oxygen atoms in total. The molecule has 2 heterocycles. The van der Waals surface area contributed by atoms with Gasteiger partial charge in [-0.1, -0.05) is 73.2 Å². The van der Waals surface area contributed by atoms with Gasteiger partial charge >= 0.3 is 11.7 Å². The Labute approximate surface area is 228 Å². The number of carbonyl (C=O) groups is 1.